The summed E-state index contributed by atoms with van der Waals surface area (Å²) in [7, 11) is 0. The molecule has 0 aliphatic carbocycles. The molecule has 1 N–H and O–H groups in total. The molecular formula is C23H18F2N4O4S. The molecule has 0 bridgehead atoms. The smallest absolute Gasteiger partial charge is 0.278 e. The van der Waals surface area contributed by atoms with Crippen molar-refractivity contribution in [3.8, 4) is 5.75 Å². The maximum absolute atomic E-state index is 15.0. The SMILES string of the molecule is O=C1c2c(O)c(=O)ccn2N([C@@H]2c3ccc(F)c(F)c3CSc3cccnc32)[C@@H]2COCCN12. The molecule has 0 unspecified atom stereocenters. The van der Waals surface area contributed by atoms with Crippen molar-refractivity contribution in [2.75, 3.05) is 24.8 Å². The second-order valence-electron chi connectivity index (χ2n) is 8.16. The van der Waals surface area contributed by atoms with Gasteiger partial charge in [0.05, 0.1) is 18.9 Å². The summed E-state index contributed by atoms with van der Waals surface area (Å²) in [6.45, 7) is 0.673. The molecule has 3 aliphatic heterocycles. The minimum atomic E-state index is -0.949. The maximum Gasteiger partial charge on any atom is 0.278 e. The molecule has 3 aromatic rings. The van der Waals surface area contributed by atoms with E-state index in [1.807, 2.05) is 6.07 Å². The molecule has 0 saturated carbocycles. The Morgan fingerprint density at radius 2 is 2.03 bits per heavy atom. The Hall–Kier alpha value is -3.44. The van der Waals surface area contributed by atoms with Gasteiger partial charge in [-0.25, -0.2) is 8.78 Å². The zero-order valence-corrected chi connectivity index (χ0v) is 18.5. The number of aromatic nitrogens is 2. The normalized spacial score (nSPS) is 21.3. The van der Waals surface area contributed by atoms with Crippen molar-refractivity contribution in [3.63, 3.8) is 0 Å². The van der Waals surface area contributed by atoms with E-state index in [4.69, 9.17) is 4.74 Å². The number of hydrogen-bond acceptors (Lipinski definition) is 7. The number of carbonyl (C=O) groups excluding carboxylic acids is 1. The minimum absolute atomic E-state index is 0.142. The van der Waals surface area contributed by atoms with Gasteiger partial charge in [-0.05, 0) is 23.8 Å². The molecule has 2 atom stereocenters. The van der Waals surface area contributed by atoms with E-state index in [0.717, 1.165) is 17.0 Å². The van der Waals surface area contributed by atoms with Crippen LogP contribution < -0.4 is 10.4 Å². The molecular weight excluding hydrogens is 466 g/mol. The summed E-state index contributed by atoms with van der Waals surface area (Å²) in [6, 6.07) is 6.62. The molecule has 2 aromatic heterocycles. The number of nitrogens with zero attached hydrogens (tertiary/aromatic N) is 4. The Bertz CT molecular complexity index is 1400. The Labute approximate surface area is 196 Å². The van der Waals surface area contributed by atoms with Crippen LogP contribution in [0.1, 0.15) is 33.4 Å². The Morgan fingerprint density at radius 1 is 1.18 bits per heavy atom. The van der Waals surface area contributed by atoms with Gasteiger partial charge in [0.15, 0.2) is 23.1 Å². The molecule has 11 heteroatoms. The highest BCUT2D eigenvalue weighted by molar-refractivity contribution is 7.98. The topological polar surface area (TPSA) is 87.9 Å². The molecule has 1 fully saturated rings. The number of carbonyl (C=O) groups is 1. The van der Waals surface area contributed by atoms with E-state index >= 15 is 4.39 Å². The Morgan fingerprint density at radius 3 is 2.88 bits per heavy atom. The van der Waals surface area contributed by atoms with Gasteiger partial charge in [0.25, 0.3) is 5.91 Å². The summed E-state index contributed by atoms with van der Waals surface area (Å²) >= 11 is 1.34. The average Bonchev–Trinajstić information content (AvgIpc) is 3.01. The summed E-state index contributed by atoms with van der Waals surface area (Å²) < 4.78 is 36.4. The second-order valence-corrected chi connectivity index (χ2v) is 9.18. The van der Waals surface area contributed by atoms with Crippen LogP contribution in [0.25, 0.3) is 0 Å². The molecule has 0 radical (unpaired) electrons. The van der Waals surface area contributed by atoms with E-state index in [1.54, 1.807) is 17.3 Å². The second kappa shape index (κ2) is 7.81. The van der Waals surface area contributed by atoms with Gasteiger partial charge in [-0.2, -0.15) is 0 Å². The standard InChI is InChI=1S/C23H18F2N4O4S/c24-14-4-3-12-13(18(14)25)11-34-16-2-1-6-26-19(16)20(12)29-17-10-33-9-8-27(17)23(32)21-22(31)15(30)5-7-28(21)29/h1-7,17,20,31H,8-11H2/t17-,20-/m1/s1. The number of halogens is 2. The van der Waals surface area contributed by atoms with Crippen molar-refractivity contribution in [2.24, 2.45) is 0 Å². The zero-order chi connectivity index (χ0) is 23.6. The predicted octanol–water partition coefficient (Wildman–Crippen LogP) is 2.37. The molecule has 174 valence electrons. The summed E-state index contributed by atoms with van der Waals surface area (Å²) in [5.74, 6) is -2.87. The summed E-state index contributed by atoms with van der Waals surface area (Å²) in [5, 5.41) is 12.3. The number of amides is 1. The first-order valence-corrected chi connectivity index (χ1v) is 11.6. The number of morpholine rings is 1. The number of pyridine rings is 2. The third-order valence-electron chi connectivity index (χ3n) is 6.40. The van der Waals surface area contributed by atoms with Crippen LogP contribution in [-0.4, -0.2) is 51.5 Å². The number of fused-ring (bicyclic) bond motifs is 4. The van der Waals surface area contributed by atoms with Gasteiger partial charge in [0.1, 0.15) is 12.2 Å². The predicted molar refractivity (Wildman–Crippen MR) is 118 cm³/mol. The minimum Gasteiger partial charge on any atom is -0.502 e. The molecule has 8 nitrogen and oxygen atoms in total. The Kier molecular flexibility index (Phi) is 4.85. The van der Waals surface area contributed by atoms with Gasteiger partial charge in [0, 0.05) is 41.2 Å². The van der Waals surface area contributed by atoms with Crippen molar-refractivity contribution >= 4 is 17.7 Å². The van der Waals surface area contributed by atoms with Crippen molar-refractivity contribution in [1.82, 2.24) is 14.6 Å². The van der Waals surface area contributed by atoms with Crippen molar-refractivity contribution in [3.05, 3.63) is 87.1 Å². The van der Waals surface area contributed by atoms with Crippen LogP contribution in [-0.2, 0) is 10.5 Å². The van der Waals surface area contributed by atoms with E-state index in [9.17, 15) is 19.1 Å². The van der Waals surface area contributed by atoms with Gasteiger partial charge in [-0.15, -0.1) is 11.8 Å². The number of benzene rings is 1. The third kappa shape index (κ3) is 2.96. The highest BCUT2D eigenvalue weighted by Crippen LogP contribution is 2.44. The maximum atomic E-state index is 15.0. The van der Waals surface area contributed by atoms with Crippen LogP contribution in [0.4, 0.5) is 8.78 Å². The molecule has 0 spiro atoms. The quantitative estimate of drug-likeness (QED) is 0.568. The molecule has 3 aliphatic rings. The summed E-state index contributed by atoms with van der Waals surface area (Å²) in [5.41, 5.74) is 0.382. The van der Waals surface area contributed by atoms with Gasteiger partial charge in [0.2, 0.25) is 5.43 Å². The van der Waals surface area contributed by atoms with Crippen molar-refractivity contribution in [1.29, 1.82) is 0 Å². The van der Waals surface area contributed by atoms with E-state index in [-0.39, 0.29) is 30.2 Å². The van der Waals surface area contributed by atoms with Crippen LogP contribution >= 0.6 is 11.8 Å². The van der Waals surface area contributed by atoms with Gasteiger partial charge < -0.3 is 14.7 Å². The highest BCUT2D eigenvalue weighted by Gasteiger charge is 2.46. The van der Waals surface area contributed by atoms with Crippen LogP contribution in [0.5, 0.6) is 5.75 Å². The van der Waals surface area contributed by atoms with Gasteiger partial charge in [-0.1, -0.05) is 6.07 Å². The van der Waals surface area contributed by atoms with Crippen molar-refractivity contribution in [2.45, 2.75) is 22.9 Å². The van der Waals surface area contributed by atoms with E-state index in [2.05, 4.69) is 4.98 Å². The lowest BCUT2D eigenvalue weighted by Gasteiger charge is -2.51. The number of hydrogen-bond donors (Lipinski definition) is 1. The lowest BCUT2D eigenvalue weighted by atomic mass is 9.96. The van der Waals surface area contributed by atoms with Crippen LogP contribution in [0, 0.1) is 11.6 Å². The van der Waals surface area contributed by atoms with E-state index < -0.39 is 40.9 Å². The van der Waals surface area contributed by atoms with Crippen LogP contribution in [0.2, 0.25) is 0 Å². The van der Waals surface area contributed by atoms with Crippen LogP contribution in [0.15, 0.2) is 52.4 Å². The lowest BCUT2D eigenvalue weighted by molar-refractivity contribution is -0.0199. The first-order valence-electron chi connectivity index (χ1n) is 10.6. The lowest BCUT2D eigenvalue weighted by Crippen LogP contribution is -2.66. The van der Waals surface area contributed by atoms with E-state index in [0.29, 0.717) is 17.9 Å². The number of rotatable bonds is 1. The summed E-state index contributed by atoms with van der Waals surface area (Å²) in [4.78, 5) is 32.4. The van der Waals surface area contributed by atoms with E-state index in [1.165, 1.54) is 33.6 Å². The zero-order valence-electron chi connectivity index (χ0n) is 17.6. The fraction of sp³-hybridized carbons (Fsp3) is 0.261. The fourth-order valence-electron chi connectivity index (χ4n) is 4.84. The highest BCUT2D eigenvalue weighted by atomic mass is 32.2. The number of thioether (sulfide) groups is 1. The number of ether oxygens (including phenoxy) is 1. The first kappa shape index (κ1) is 21.1. The third-order valence-corrected chi connectivity index (χ3v) is 7.49. The monoisotopic (exact) mass is 484 g/mol. The van der Waals surface area contributed by atoms with Crippen LogP contribution in [0.3, 0.4) is 0 Å². The fourth-order valence-corrected chi connectivity index (χ4v) is 5.92. The average molecular weight is 484 g/mol. The molecule has 1 amide bonds. The number of aromatic hydroxyl groups is 1. The van der Waals surface area contributed by atoms with Gasteiger partial charge >= 0.3 is 0 Å². The van der Waals surface area contributed by atoms with Crippen molar-refractivity contribution < 1.29 is 23.4 Å². The largest absolute Gasteiger partial charge is 0.502 e. The molecule has 34 heavy (non-hydrogen) atoms. The molecule has 6 rings (SSSR count). The first-order chi connectivity index (χ1) is 16.5. The molecule has 1 saturated heterocycles. The summed E-state index contributed by atoms with van der Waals surface area (Å²) in [6.07, 6.45) is 2.38. The molecule has 1 aromatic carbocycles. The molecule has 5 heterocycles. The van der Waals surface area contributed by atoms with Gasteiger partial charge in [-0.3, -0.25) is 24.3 Å². The Balaban J connectivity index is 1.67.